The normalized spacial score (nSPS) is 18.1. The summed E-state index contributed by atoms with van der Waals surface area (Å²) in [4.78, 5) is 38.2. The molecular formula is C9H13NO5. The van der Waals surface area contributed by atoms with Crippen molar-refractivity contribution in [2.45, 2.75) is 32.3 Å². The number of hydrogen-bond acceptors (Lipinski definition) is 5. The van der Waals surface area contributed by atoms with Crippen LogP contribution in [0.15, 0.2) is 0 Å². The highest BCUT2D eigenvalue weighted by molar-refractivity contribution is 6.01. The number of hydrogen-bond donors (Lipinski definition) is 0. The van der Waals surface area contributed by atoms with Gasteiger partial charge in [-0.05, 0) is 6.42 Å². The van der Waals surface area contributed by atoms with Crippen LogP contribution < -0.4 is 0 Å². The van der Waals surface area contributed by atoms with Crippen molar-refractivity contribution in [3.05, 3.63) is 0 Å². The van der Waals surface area contributed by atoms with E-state index in [9.17, 15) is 14.4 Å². The van der Waals surface area contributed by atoms with E-state index in [-0.39, 0.29) is 12.8 Å². The summed E-state index contributed by atoms with van der Waals surface area (Å²) < 4.78 is 4.82. The summed E-state index contributed by atoms with van der Waals surface area (Å²) in [5.41, 5.74) is 0. The van der Waals surface area contributed by atoms with E-state index >= 15 is 0 Å². The highest BCUT2D eigenvalue weighted by Gasteiger charge is 2.34. The van der Waals surface area contributed by atoms with Crippen LogP contribution in [0.3, 0.4) is 0 Å². The Balaban J connectivity index is 2.57. The van der Waals surface area contributed by atoms with Gasteiger partial charge in [-0.15, -0.1) is 5.06 Å². The number of carbonyl (C=O) groups excluding carboxylic acids is 3. The van der Waals surface area contributed by atoms with Gasteiger partial charge in [-0.2, -0.15) is 0 Å². The maximum absolute atomic E-state index is 11.4. The zero-order valence-corrected chi connectivity index (χ0v) is 8.69. The molecule has 0 aromatic heterocycles. The third kappa shape index (κ3) is 2.53. The Morgan fingerprint density at radius 3 is 2.33 bits per heavy atom. The maximum atomic E-state index is 11.4. The quantitative estimate of drug-likeness (QED) is 0.618. The van der Waals surface area contributed by atoms with Gasteiger partial charge < -0.3 is 9.57 Å². The molecule has 1 saturated heterocycles. The van der Waals surface area contributed by atoms with E-state index in [2.05, 4.69) is 4.84 Å². The highest BCUT2D eigenvalue weighted by Crippen LogP contribution is 2.13. The average Bonchev–Trinajstić information content (AvgIpc) is 2.51. The van der Waals surface area contributed by atoms with Crippen molar-refractivity contribution in [2.75, 3.05) is 7.11 Å². The highest BCUT2D eigenvalue weighted by atomic mass is 16.7. The molecule has 1 fully saturated rings. The average molecular weight is 215 g/mol. The first kappa shape index (κ1) is 11.6. The van der Waals surface area contributed by atoms with Crippen LogP contribution in [0.2, 0.25) is 0 Å². The number of nitrogens with zero attached hydrogens (tertiary/aromatic N) is 1. The summed E-state index contributed by atoms with van der Waals surface area (Å²) in [7, 11) is 1.36. The van der Waals surface area contributed by atoms with Gasteiger partial charge in [-0.3, -0.25) is 9.59 Å². The van der Waals surface area contributed by atoms with Crippen LogP contribution in [0.1, 0.15) is 26.2 Å². The minimum Gasteiger partial charge on any atom is -0.370 e. The molecule has 2 amide bonds. The molecule has 15 heavy (non-hydrogen) atoms. The molecule has 0 saturated carbocycles. The molecule has 1 rings (SSSR count). The summed E-state index contributed by atoms with van der Waals surface area (Å²) in [6.45, 7) is 1.74. The monoisotopic (exact) mass is 215 g/mol. The van der Waals surface area contributed by atoms with Crippen molar-refractivity contribution in [3.63, 3.8) is 0 Å². The lowest BCUT2D eigenvalue weighted by atomic mass is 10.3. The number of rotatable bonds is 4. The zero-order chi connectivity index (χ0) is 11.4. The number of ether oxygens (including phenoxy) is 1. The molecule has 0 aromatic carbocycles. The van der Waals surface area contributed by atoms with Crippen molar-refractivity contribution in [1.82, 2.24) is 5.06 Å². The van der Waals surface area contributed by atoms with Crippen molar-refractivity contribution < 1.29 is 24.0 Å². The molecule has 0 radical (unpaired) electrons. The summed E-state index contributed by atoms with van der Waals surface area (Å²) in [5.74, 6) is -1.69. The second-order valence-corrected chi connectivity index (χ2v) is 3.12. The number of hydroxylamine groups is 2. The van der Waals surface area contributed by atoms with Gasteiger partial charge in [0.2, 0.25) is 0 Å². The van der Waals surface area contributed by atoms with E-state index in [4.69, 9.17) is 4.74 Å². The number of amides is 2. The SMILES string of the molecule is CCC(OC)C(=O)ON1C(=O)CCC1=O. The van der Waals surface area contributed by atoms with Crippen LogP contribution in [0.25, 0.3) is 0 Å². The van der Waals surface area contributed by atoms with Gasteiger partial charge in [0.05, 0.1) is 0 Å². The van der Waals surface area contributed by atoms with Gasteiger partial charge in [0.1, 0.15) is 0 Å². The van der Waals surface area contributed by atoms with E-state index in [1.54, 1.807) is 6.92 Å². The molecule has 0 N–H and O–H groups in total. The summed E-state index contributed by atoms with van der Waals surface area (Å²) >= 11 is 0. The van der Waals surface area contributed by atoms with Gasteiger partial charge in [-0.1, -0.05) is 6.92 Å². The number of carbonyl (C=O) groups is 3. The van der Waals surface area contributed by atoms with E-state index in [1.807, 2.05) is 0 Å². The van der Waals surface area contributed by atoms with Gasteiger partial charge in [0.15, 0.2) is 6.10 Å². The Morgan fingerprint density at radius 2 is 1.93 bits per heavy atom. The summed E-state index contributed by atoms with van der Waals surface area (Å²) in [5, 5.41) is 0.518. The fraction of sp³-hybridized carbons (Fsp3) is 0.667. The lowest BCUT2D eigenvalue weighted by Crippen LogP contribution is -2.36. The van der Waals surface area contributed by atoms with E-state index in [1.165, 1.54) is 7.11 Å². The first-order valence-corrected chi connectivity index (χ1v) is 4.70. The Labute approximate surface area is 87.1 Å². The van der Waals surface area contributed by atoms with Gasteiger partial charge in [0, 0.05) is 20.0 Å². The molecular weight excluding hydrogens is 202 g/mol. The van der Waals surface area contributed by atoms with Crippen molar-refractivity contribution in [3.8, 4) is 0 Å². The van der Waals surface area contributed by atoms with Crippen molar-refractivity contribution in [1.29, 1.82) is 0 Å². The molecule has 84 valence electrons. The standard InChI is InChI=1S/C9H13NO5/c1-3-6(14-2)9(13)15-10-7(11)4-5-8(10)12/h6H,3-5H2,1-2H3. The van der Waals surface area contributed by atoms with Crippen LogP contribution in [0, 0.1) is 0 Å². The maximum Gasteiger partial charge on any atom is 0.361 e. The van der Waals surface area contributed by atoms with E-state index in [0.717, 1.165) is 0 Å². The predicted octanol–water partition coefficient (Wildman–Crippen LogP) is 0.0186. The molecule has 6 heteroatoms. The van der Waals surface area contributed by atoms with Gasteiger partial charge >= 0.3 is 5.97 Å². The van der Waals surface area contributed by atoms with Crippen molar-refractivity contribution >= 4 is 17.8 Å². The van der Waals surface area contributed by atoms with Crippen LogP contribution in [0.4, 0.5) is 0 Å². The molecule has 0 aliphatic carbocycles. The lowest BCUT2D eigenvalue weighted by Gasteiger charge is -2.16. The molecule has 1 unspecified atom stereocenters. The second kappa shape index (κ2) is 4.88. The molecule has 0 bridgehead atoms. The van der Waals surface area contributed by atoms with Crippen molar-refractivity contribution in [2.24, 2.45) is 0 Å². The third-order valence-corrected chi connectivity index (χ3v) is 2.11. The zero-order valence-electron chi connectivity index (χ0n) is 8.69. The molecule has 1 heterocycles. The van der Waals surface area contributed by atoms with E-state index < -0.39 is 23.9 Å². The van der Waals surface area contributed by atoms with Crippen LogP contribution >= 0.6 is 0 Å². The molecule has 1 atom stereocenters. The molecule has 0 aromatic rings. The van der Waals surface area contributed by atoms with Crippen LogP contribution in [-0.2, 0) is 24.0 Å². The van der Waals surface area contributed by atoms with E-state index in [0.29, 0.717) is 11.5 Å². The van der Waals surface area contributed by atoms with Gasteiger partial charge in [-0.25, -0.2) is 4.79 Å². The lowest BCUT2D eigenvalue weighted by molar-refractivity contribution is -0.204. The predicted molar refractivity (Wildman–Crippen MR) is 48.3 cm³/mol. The Hall–Kier alpha value is -1.43. The third-order valence-electron chi connectivity index (χ3n) is 2.11. The first-order valence-electron chi connectivity index (χ1n) is 4.70. The largest absolute Gasteiger partial charge is 0.370 e. The molecule has 6 nitrogen and oxygen atoms in total. The molecule has 1 aliphatic rings. The first-order chi connectivity index (χ1) is 7.10. The fourth-order valence-electron chi connectivity index (χ4n) is 1.24. The Morgan fingerprint density at radius 1 is 1.40 bits per heavy atom. The molecule has 1 aliphatic heterocycles. The number of methoxy groups -OCH3 is 1. The summed E-state index contributed by atoms with van der Waals surface area (Å²) in [6, 6.07) is 0. The Bertz CT molecular complexity index is 268. The minimum atomic E-state index is -0.744. The topological polar surface area (TPSA) is 72.9 Å². The fourth-order valence-corrected chi connectivity index (χ4v) is 1.24. The second-order valence-electron chi connectivity index (χ2n) is 3.12. The molecule has 0 spiro atoms. The Kier molecular flexibility index (Phi) is 3.79. The van der Waals surface area contributed by atoms with Crippen LogP contribution in [-0.4, -0.2) is 36.1 Å². The van der Waals surface area contributed by atoms with Gasteiger partial charge in [0.25, 0.3) is 11.8 Å². The number of imide groups is 1. The minimum absolute atomic E-state index is 0.0931. The van der Waals surface area contributed by atoms with Crippen LogP contribution in [0.5, 0.6) is 0 Å². The smallest absolute Gasteiger partial charge is 0.361 e. The summed E-state index contributed by atoms with van der Waals surface area (Å²) in [6.07, 6.45) is -0.136.